The van der Waals surface area contributed by atoms with E-state index in [1.54, 1.807) is 0 Å². The summed E-state index contributed by atoms with van der Waals surface area (Å²) in [7, 11) is -0.107. The molecule has 0 bridgehead atoms. The number of hydrogen-bond donors (Lipinski definition) is 0. The Kier molecular flexibility index (Phi) is 2.97. The molecule has 0 radical (unpaired) electrons. The topological polar surface area (TPSA) is 12.5 Å². The zero-order valence-electron chi connectivity index (χ0n) is 5.68. The van der Waals surface area contributed by atoms with Gasteiger partial charge in [-0.2, -0.15) is 0 Å². The Bertz CT molecular complexity index is 91.1. The van der Waals surface area contributed by atoms with E-state index >= 15 is 0 Å². The van der Waals surface area contributed by atoms with Crippen molar-refractivity contribution in [2.75, 3.05) is 26.3 Å². The third kappa shape index (κ3) is 2.30. The first-order chi connectivity index (χ1) is 4.43. The minimum Gasteiger partial charge on any atom is -0.379 e. The first kappa shape index (κ1) is 6.99. The lowest BCUT2D eigenvalue weighted by Gasteiger charge is -2.24. The average molecular weight is 143 g/mol. The highest BCUT2D eigenvalue weighted by Gasteiger charge is 2.06. The zero-order chi connectivity index (χ0) is 6.53. The molecular weight excluding hydrogens is 130 g/mol. The van der Waals surface area contributed by atoms with Crippen LogP contribution in [0.1, 0.15) is 0 Å². The molecule has 3 heteroatoms. The molecule has 52 valence electrons. The van der Waals surface area contributed by atoms with Gasteiger partial charge in [-0.25, -0.2) is 0 Å². The summed E-state index contributed by atoms with van der Waals surface area (Å²) in [4.78, 5) is 0. The van der Waals surface area contributed by atoms with E-state index in [1.807, 2.05) is 0 Å². The maximum absolute atomic E-state index is 5.19. The Balaban J connectivity index is 2.15. The highest BCUT2D eigenvalue weighted by molar-refractivity contribution is 6.38. The first-order valence-corrected chi connectivity index (χ1v) is 4.79. The quantitative estimate of drug-likeness (QED) is 0.485. The van der Waals surface area contributed by atoms with Gasteiger partial charge in [0.05, 0.1) is 13.2 Å². The monoisotopic (exact) mass is 143 g/mol. The number of morpholine rings is 1. The lowest BCUT2D eigenvalue weighted by Crippen LogP contribution is -2.38. The number of rotatable bonds is 2. The second-order valence-electron chi connectivity index (χ2n) is 2.20. The maximum atomic E-state index is 5.19. The normalized spacial score (nSPS) is 23.1. The van der Waals surface area contributed by atoms with Crippen molar-refractivity contribution in [1.29, 1.82) is 0 Å². The van der Waals surface area contributed by atoms with Gasteiger partial charge < -0.3 is 9.30 Å². The molecule has 2 nitrogen and oxygen atoms in total. The Morgan fingerprint density at radius 2 is 2.11 bits per heavy atom. The lowest BCUT2D eigenvalue weighted by atomic mass is 10.5. The molecule has 0 aromatic heterocycles. The molecule has 1 fully saturated rings. The Morgan fingerprint density at radius 1 is 1.44 bits per heavy atom. The molecule has 0 aromatic rings. The highest BCUT2D eigenvalue weighted by atomic mass is 28.2. The number of nitrogens with zero attached hydrogens (tertiary/aromatic N) is 1. The molecule has 1 aliphatic heterocycles. The Labute approximate surface area is 58.4 Å². The van der Waals surface area contributed by atoms with Crippen LogP contribution < -0.4 is 0 Å². The maximum Gasteiger partial charge on any atom is 0.119 e. The standard InChI is InChI=1S/C6H13NOSi/c1-2-9-7-3-5-8-6-4-7/h2H,1,3-6,9H2. The second kappa shape index (κ2) is 3.82. The van der Waals surface area contributed by atoms with E-state index < -0.39 is 0 Å². The van der Waals surface area contributed by atoms with E-state index in [0.29, 0.717) is 0 Å². The van der Waals surface area contributed by atoms with Gasteiger partial charge in [0.15, 0.2) is 0 Å². The predicted octanol–water partition coefficient (Wildman–Crippen LogP) is -0.454. The van der Waals surface area contributed by atoms with Crippen LogP contribution in [0, 0.1) is 0 Å². The number of ether oxygens (including phenoxy) is 1. The van der Waals surface area contributed by atoms with Gasteiger partial charge in [-0.3, -0.25) is 0 Å². The molecule has 0 unspecified atom stereocenters. The van der Waals surface area contributed by atoms with Gasteiger partial charge in [0.2, 0.25) is 0 Å². The summed E-state index contributed by atoms with van der Waals surface area (Å²) < 4.78 is 7.66. The minimum atomic E-state index is -0.107. The van der Waals surface area contributed by atoms with Crippen LogP contribution in [-0.2, 0) is 4.74 Å². The van der Waals surface area contributed by atoms with E-state index in [9.17, 15) is 0 Å². The summed E-state index contributed by atoms with van der Waals surface area (Å²) in [5, 5.41) is 0. The van der Waals surface area contributed by atoms with Crippen LogP contribution in [-0.4, -0.2) is 40.5 Å². The van der Waals surface area contributed by atoms with E-state index in [-0.39, 0.29) is 9.68 Å². The minimum absolute atomic E-state index is 0.107. The van der Waals surface area contributed by atoms with Crippen LogP contribution >= 0.6 is 0 Å². The zero-order valence-corrected chi connectivity index (χ0v) is 7.09. The van der Waals surface area contributed by atoms with Gasteiger partial charge in [0.25, 0.3) is 0 Å². The smallest absolute Gasteiger partial charge is 0.119 e. The van der Waals surface area contributed by atoms with Gasteiger partial charge in [-0.1, -0.05) is 5.70 Å². The molecule has 1 rings (SSSR count). The van der Waals surface area contributed by atoms with E-state index in [1.165, 1.54) is 0 Å². The van der Waals surface area contributed by atoms with Gasteiger partial charge in [-0.05, 0) is 0 Å². The van der Waals surface area contributed by atoms with Crippen molar-refractivity contribution in [1.82, 2.24) is 4.57 Å². The molecule has 0 amide bonds. The van der Waals surface area contributed by atoms with Crippen LogP contribution in [0.15, 0.2) is 12.3 Å². The Morgan fingerprint density at radius 3 is 2.67 bits per heavy atom. The van der Waals surface area contributed by atoms with Crippen LogP contribution in [0.2, 0.25) is 0 Å². The van der Waals surface area contributed by atoms with Crippen molar-refractivity contribution < 1.29 is 4.74 Å². The first-order valence-electron chi connectivity index (χ1n) is 3.34. The fraction of sp³-hybridized carbons (Fsp3) is 0.667. The summed E-state index contributed by atoms with van der Waals surface area (Å²) in [6.07, 6.45) is 0. The molecule has 1 aliphatic rings. The summed E-state index contributed by atoms with van der Waals surface area (Å²) in [6, 6.07) is 0. The third-order valence-electron chi connectivity index (χ3n) is 1.49. The molecule has 1 saturated heterocycles. The lowest BCUT2D eigenvalue weighted by molar-refractivity contribution is 0.0729. The fourth-order valence-electron chi connectivity index (χ4n) is 0.966. The van der Waals surface area contributed by atoms with Gasteiger partial charge in [0, 0.05) is 13.1 Å². The van der Waals surface area contributed by atoms with Crippen molar-refractivity contribution in [3.8, 4) is 0 Å². The third-order valence-corrected chi connectivity index (χ3v) is 2.90. The number of hydrogen-bond acceptors (Lipinski definition) is 2. The molecule has 0 spiro atoms. The summed E-state index contributed by atoms with van der Waals surface area (Å²) in [5.41, 5.74) is 2.07. The van der Waals surface area contributed by atoms with Crippen molar-refractivity contribution in [2.45, 2.75) is 0 Å². The van der Waals surface area contributed by atoms with Crippen LogP contribution in [0.25, 0.3) is 0 Å². The largest absolute Gasteiger partial charge is 0.379 e. The summed E-state index contributed by atoms with van der Waals surface area (Å²) in [5.74, 6) is 0. The van der Waals surface area contributed by atoms with Crippen molar-refractivity contribution in [2.24, 2.45) is 0 Å². The van der Waals surface area contributed by atoms with Crippen LogP contribution in [0.5, 0.6) is 0 Å². The fourth-order valence-corrected chi connectivity index (χ4v) is 1.95. The predicted molar refractivity (Wildman–Crippen MR) is 41.1 cm³/mol. The molecular formula is C6H13NOSi. The average Bonchev–Trinajstić information content (AvgIpc) is 1.91. The van der Waals surface area contributed by atoms with Crippen molar-refractivity contribution in [3.05, 3.63) is 12.3 Å². The van der Waals surface area contributed by atoms with Crippen LogP contribution in [0.4, 0.5) is 0 Å². The van der Waals surface area contributed by atoms with E-state index in [0.717, 1.165) is 26.3 Å². The van der Waals surface area contributed by atoms with Crippen molar-refractivity contribution >= 4 is 9.68 Å². The van der Waals surface area contributed by atoms with Crippen LogP contribution in [0.3, 0.4) is 0 Å². The van der Waals surface area contributed by atoms with Crippen molar-refractivity contribution in [3.63, 3.8) is 0 Å². The summed E-state index contributed by atoms with van der Waals surface area (Å²) in [6.45, 7) is 7.82. The van der Waals surface area contributed by atoms with Gasteiger partial charge >= 0.3 is 0 Å². The molecule has 0 aliphatic carbocycles. The second-order valence-corrected chi connectivity index (χ2v) is 4.04. The SMILES string of the molecule is C=C[SiH2]N1CCOCC1. The van der Waals surface area contributed by atoms with E-state index in [2.05, 4.69) is 16.8 Å². The molecule has 0 atom stereocenters. The molecule has 1 heterocycles. The molecule has 0 aromatic carbocycles. The van der Waals surface area contributed by atoms with E-state index in [4.69, 9.17) is 4.74 Å². The molecule has 9 heavy (non-hydrogen) atoms. The highest BCUT2D eigenvalue weighted by Crippen LogP contribution is 1.93. The Hall–Kier alpha value is -0.123. The summed E-state index contributed by atoms with van der Waals surface area (Å²) >= 11 is 0. The van der Waals surface area contributed by atoms with Gasteiger partial charge in [-0.15, -0.1) is 6.58 Å². The van der Waals surface area contributed by atoms with Gasteiger partial charge in [0.1, 0.15) is 9.68 Å². The molecule has 0 N–H and O–H groups in total. The molecule has 0 saturated carbocycles.